The maximum Gasteiger partial charge on any atom is 0.321 e. The first-order valence-electron chi connectivity index (χ1n) is 3.62. The first-order valence-corrected chi connectivity index (χ1v) is 3.62. The highest BCUT2D eigenvalue weighted by molar-refractivity contribution is 5.88. The third-order valence-corrected chi connectivity index (χ3v) is 2.18. The molecule has 6 nitrogen and oxygen atoms in total. The molecule has 2 rings (SSSR count). The van der Waals surface area contributed by atoms with Crippen molar-refractivity contribution in [3.63, 3.8) is 0 Å². The number of aliphatic carboxylic acids is 1. The molecule has 2 aliphatic heterocycles. The van der Waals surface area contributed by atoms with Gasteiger partial charge in [-0.05, 0) is 0 Å². The Balaban J connectivity index is 2.19. The van der Waals surface area contributed by atoms with Crippen molar-refractivity contribution in [2.24, 2.45) is 5.92 Å². The van der Waals surface area contributed by atoms with Crippen molar-refractivity contribution in [2.75, 3.05) is 6.54 Å². The molecule has 0 radical (unpaired) electrons. The molecule has 0 spiro atoms. The number of hydrogen-bond acceptors (Lipinski definition) is 4. The Hall–Kier alpha value is -1.14. The smallest absolute Gasteiger partial charge is 0.321 e. The van der Waals surface area contributed by atoms with Crippen LogP contribution in [0.1, 0.15) is 0 Å². The molecule has 0 aromatic carbocycles. The van der Waals surface area contributed by atoms with E-state index in [0.717, 1.165) is 0 Å². The number of fused-ring (bicyclic) bond motifs is 1. The lowest BCUT2D eigenvalue weighted by Gasteiger charge is -2.08. The topological polar surface area (TPSA) is 87.7 Å². The van der Waals surface area contributed by atoms with E-state index in [-0.39, 0.29) is 12.0 Å². The summed E-state index contributed by atoms with van der Waals surface area (Å²) in [5.41, 5.74) is 2.16. The second-order valence-electron chi connectivity index (χ2n) is 2.87. The quantitative estimate of drug-likeness (QED) is 0.429. The number of amides is 1. The lowest BCUT2D eigenvalue weighted by Crippen LogP contribution is -2.40. The number of carboxylic acids is 1. The Labute approximate surface area is 67.8 Å². The van der Waals surface area contributed by atoms with Crippen LogP contribution in [-0.4, -0.2) is 35.7 Å². The minimum atomic E-state index is -1.01. The predicted octanol–water partition coefficient (Wildman–Crippen LogP) is -1.91. The van der Waals surface area contributed by atoms with Crippen LogP contribution in [0.2, 0.25) is 0 Å². The lowest BCUT2D eigenvalue weighted by atomic mass is 9.99. The molecule has 0 bridgehead atoms. The van der Waals surface area contributed by atoms with Crippen LogP contribution in [0.3, 0.4) is 0 Å². The Kier molecular flexibility index (Phi) is 1.52. The monoisotopic (exact) mass is 172 g/mol. The van der Waals surface area contributed by atoms with Gasteiger partial charge in [0.1, 0.15) is 12.1 Å². The number of hydrogen-bond donors (Lipinski definition) is 3. The second-order valence-corrected chi connectivity index (χ2v) is 2.87. The summed E-state index contributed by atoms with van der Waals surface area (Å²) in [7, 11) is 0. The molecule has 2 fully saturated rings. The fourth-order valence-electron chi connectivity index (χ4n) is 1.59. The maximum atomic E-state index is 11.0. The zero-order chi connectivity index (χ0) is 8.72. The van der Waals surface area contributed by atoms with Gasteiger partial charge in [0.05, 0.1) is 5.92 Å². The summed E-state index contributed by atoms with van der Waals surface area (Å²) >= 11 is 0. The van der Waals surface area contributed by atoms with Crippen molar-refractivity contribution >= 4 is 11.9 Å². The molecular formula is C6H8N2O4. The van der Waals surface area contributed by atoms with Crippen LogP contribution in [0.5, 0.6) is 0 Å². The van der Waals surface area contributed by atoms with Gasteiger partial charge in [0.25, 0.3) is 5.91 Å². The van der Waals surface area contributed by atoms with Crippen molar-refractivity contribution in [3.8, 4) is 0 Å². The molecule has 0 aliphatic carbocycles. The van der Waals surface area contributed by atoms with Gasteiger partial charge in [0, 0.05) is 6.54 Å². The van der Waals surface area contributed by atoms with Crippen LogP contribution >= 0.6 is 0 Å². The van der Waals surface area contributed by atoms with Gasteiger partial charge in [-0.25, -0.2) is 5.48 Å². The van der Waals surface area contributed by atoms with Gasteiger partial charge < -0.3 is 10.4 Å². The van der Waals surface area contributed by atoms with E-state index in [0.29, 0.717) is 6.54 Å². The third kappa shape index (κ3) is 0.886. The first-order chi connectivity index (χ1) is 5.70. The van der Waals surface area contributed by atoms with E-state index in [2.05, 4.69) is 10.8 Å². The van der Waals surface area contributed by atoms with Gasteiger partial charge in [-0.15, -0.1) is 0 Å². The molecule has 0 aromatic rings. The Bertz CT molecular complexity index is 242. The van der Waals surface area contributed by atoms with Crippen LogP contribution in [-0.2, 0) is 14.4 Å². The summed E-state index contributed by atoms with van der Waals surface area (Å²) in [5.74, 6) is -1.94. The Morgan fingerprint density at radius 1 is 1.67 bits per heavy atom. The van der Waals surface area contributed by atoms with Gasteiger partial charge >= 0.3 is 5.97 Å². The molecule has 0 unspecified atom stereocenters. The van der Waals surface area contributed by atoms with Gasteiger partial charge in [-0.2, -0.15) is 0 Å². The second kappa shape index (κ2) is 2.43. The molecule has 2 aliphatic rings. The summed E-state index contributed by atoms with van der Waals surface area (Å²) in [5, 5.41) is 11.4. The van der Waals surface area contributed by atoms with E-state index in [9.17, 15) is 9.59 Å². The van der Waals surface area contributed by atoms with Crippen LogP contribution in [0.15, 0.2) is 0 Å². The summed E-state index contributed by atoms with van der Waals surface area (Å²) < 4.78 is 0. The number of carbonyl (C=O) groups excluding carboxylic acids is 1. The third-order valence-electron chi connectivity index (χ3n) is 2.18. The number of nitrogens with one attached hydrogen (secondary N) is 2. The largest absolute Gasteiger partial charge is 0.480 e. The number of rotatable bonds is 1. The van der Waals surface area contributed by atoms with Gasteiger partial charge in [-0.1, -0.05) is 0 Å². The van der Waals surface area contributed by atoms with E-state index < -0.39 is 17.9 Å². The number of carbonyl (C=O) groups is 2. The standard InChI is InChI=1S/C6H8N2O4/c9-5-3-2(12-8-5)1-7-4(3)6(10)11/h2-4,7H,1H2,(H,8,9)(H,10,11)/t2-,3+,4+/m0/s1. The molecule has 6 heteroatoms. The molecule has 0 aromatic heterocycles. The lowest BCUT2D eigenvalue weighted by molar-refractivity contribution is -0.142. The van der Waals surface area contributed by atoms with Gasteiger partial charge in [-0.3, -0.25) is 14.4 Å². The molecule has 66 valence electrons. The Morgan fingerprint density at radius 3 is 3.08 bits per heavy atom. The molecular weight excluding hydrogens is 164 g/mol. The zero-order valence-electron chi connectivity index (χ0n) is 6.11. The van der Waals surface area contributed by atoms with Crippen molar-refractivity contribution < 1.29 is 19.5 Å². The van der Waals surface area contributed by atoms with Crippen LogP contribution < -0.4 is 10.8 Å². The summed E-state index contributed by atoms with van der Waals surface area (Å²) in [6.45, 7) is 0.403. The maximum absolute atomic E-state index is 11.0. The normalized spacial score (nSPS) is 39.3. The highest BCUT2D eigenvalue weighted by Gasteiger charge is 2.49. The zero-order valence-corrected chi connectivity index (χ0v) is 6.11. The summed E-state index contributed by atoms with van der Waals surface area (Å²) in [6, 6.07) is -0.808. The molecule has 1 amide bonds. The van der Waals surface area contributed by atoms with Crippen molar-refractivity contribution in [1.82, 2.24) is 10.8 Å². The molecule has 3 N–H and O–H groups in total. The molecule has 3 atom stereocenters. The molecule has 12 heavy (non-hydrogen) atoms. The van der Waals surface area contributed by atoms with Crippen LogP contribution in [0.4, 0.5) is 0 Å². The first kappa shape index (κ1) is 7.51. The molecule has 2 saturated heterocycles. The van der Waals surface area contributed by atoms with Crippen molar-refractivity contribution in [2.45, 2.75) is 12.1 Å². The fraction of sp³-hybridized carbons (Fsp3) is 0.667. The van der Waals surface area contributed by atoms with Gasteiger partial charge in [0.15, 0.2) is 0 Å². The average molecular weight is 172 g/mol. The van der Waals surface area contributed by atoms with E-state index in [1.54, 1.807) is 0 Å². The predicted molar refractivity (Wildman–Crippen MR) is 35.9 cm³/mol. The van der Waals surface area contributed by atoms with E-state index >= 15 is 0 Å². The summed E-state index contributed by atoms with van der Waals surface area (Å²) in [4.78, 5) is 26.5. The minimum Gasteiger partial charge on any atom is -0.480 e. The average Bonchev–Trinajstić information content (AvgIpc) is 2.53. The van der Waals surface area contributed by atoms with Crippen molar-refractivity contribution in [1.29, 1.82) is 0 Å². The van der Waals surface area contributed by atoms with Crippen molar-refractivity contribution in [3.05, 3.63) is 0 Å². The number of carboxylic acid groups (broad SMARTS) is 1. The minimum absolute atomic E-state index is 0.335. The van der Waals surface area contributed by atoms with Crippen LogP contribution in [0.25, 0.3) is 0 Å². The van der Waals surface area contributed by atoms with Gasteiger partial charge in [0.2, 0.25) is 0 Å². The molecule has 2 heterocycles. The van der Waals surface area contributed by atoms with E-state index in [1.165, 1.54) is 0 Å². The van der Waals surface area contributed by atoms with E-state index in [4.69, 9.17) is 9.94 Å². The SMILES string of the molecule is O=C1NO[C@H]2CN[C@@H](C(=O)O)[C@H]12. The summed E-state index contributed by atoms with van der Waals surface area (Å²) in [6.07, 6.45) is -0.335. The molecule has 0 saturated carbocycles. The highest BCUT2D eigenvalue weighted by atomic mass is 16.7. The Morgan fingerprint density at radius 2 is 2.42 bits per heavy atom. The van der Waals surface area contributed by atoms with Crippen LogP contribution in [0, 0.1) is 5.92 Å². The van der Waals surface area contributed by atoms with E-state index in [1.807, 2.05) is 0 Å². The number of hydroxylamine groups is 1. The highest BCUT2D eigenvalue weighted by Crippen LogP contribution is 2.23. The fourth-order valence-corrected chi connectivity index (χ4v) is 1.59.